The minimum atomic E-state index is -0.350. The van der Waals surface area contributed by atoms with Crippen LogP contribution in [0.4, 0.5) is 0 Å². The maximum absolute atomic E-state index is 11.7. The molecule has 5 nitrogen and oxygen atoms in total. The van der Waals surface area contributed by atoms with Gasteiger partial charge in [-0.1, -0.05) is 24.3 Å². The molecule has 0 atom stereocenters. The molecule has 1 amide bonds. The number of hydrogen-bond acceptors (Lipinski definition) is 4. The number of benzene rings is 2. The number of ether oxygens (including phenoxy) is 1. The highest BCUT2D eigenvalue weighted by molar-refractivity contribution is 5.83. The third-order valence-corrected chi connectivity index (χ3v) is 2.98. The number of phenolic OH excluding ortho intramolecular Hbond substituents is 1. The molecule has 0 heterocycles. The molecule has 114 valence electrons. The van der Waals surface area contributed by atoms with Crippen LogP contribution in [0.15, 0.2) is 47.6 Å². The molecular weight excluding hydrogens is 280 g/mol. The summed E-state index contributed by atoms with van der Waals surface area (Å²) in [7, 11) is 0. The summed E-state index contributed by atoms with van der Waals surface area (Å²) in [6.07, 6.45) is 1.45. The molecule has 0 saturated heterocycles. The van der Waals surface area contributed by atoms with Crippen molar-refractivity contribution >= 4 is 12.1 Å². The summed E-state index contributed by atoms with van der Waals surface area (Å²) >= 11 is 0. The Bertz CT molecular complexity index is 696. The number of hydrogen-bond donors (Lipinski definition) is 2. The smallest absolute Gasteiger partial charge is 0.277 e. The maximum Gasteiger partial charge on any atom is 0.277 e. The summed E-state index contributed by atoms with van der Waals surface area (Å²) in [5.41, 5.74) is 5.12. The largest absolute Gasteiger partial charge is 0.508 e. The Balaban J connectivity index is 1.84. The molecule has 2 rings (SSSR count). The van der Waals surface area contributed by atoms with Crippen LogP contribution in [-0.4, -0.2) is 23.8 Å². The van der Waals surface area contributed by atoms with E-state index in [-0.39, 0.29) is 18.3 Å². The third-order valence-electron chi connectivity index (χ3n) is 2.98. The lowest BCUT2D eigenvalue weighted by Crippen LogP contribution is -2.24. The zero-order valence-electron chi connectivity index (χ0n) is 12.5. The van der Waals surface area contributed by atoms with Crippen LogP contribution in [0, 0.1) is 13.8 Å². The van der Waals surface area contributed by atoms with Crippen molar-refractivity contribution in [1.29, 1.82) is 0 Å². The number of aromatic hydroxyl groups is 1. The lowest BCUT2D eigenvalue weighted by atomic mass is 10.1. The summed E-state index contributed by atoms with van der Waals surface area (Å²) in [6, 6.07) is 12.4. The predicted molar refractivity (Wildman–Crippen MR) is 85.3 cm³/mol. The summed E-state index contributed by atoms with van der Waals surface area (Å²) in [5, 5.41) is 13.1. The molecule has 0 saturated carbocycles. The number of phenols is 1. The first-order valence-electron chi connectivity index (χ1n) is 6.85. The van der Waals surface area contributed by atoms with Crippen LogP contribution in [0.5, 0.6) is 11.5 Å². The minimum absolute atomic E-state index is 0.109. The van der Waals surface area contributed by atoms with Crippen molar-refractivity contribution in [2.45, 2.75) is 13.8 Å². The summed E-state index contributed by atoms with van der Waals surface area (Å²) in [5.74, 6) is 0.484. The number of rotatable bonds is 5. The van der Waals surface area contributed by atoms with Gasteiger partial charge in [-0.15, -0.1) is 0 Å². The van der Waals surface area contributed by atoms with Gasteiger partial charge < -0.3 is 9.84 Å². The Morgan fingerprint density at radius 1 is 1.27 bits per heavy atom. The summed E-state index contributed by atoms with van der Waals surface area (Å²) in [6.45, 7) is 3.78. The van der Waals surface area contributed by atoms with Crippen molar-refractivity contribution < 1.29 is 14.6 Å². The van der Waals surface area contributed by atoms with E-state index in [1.54, 1.807) is 24.3 Å². The van der Waals surface area contributed by atoms with E-state index in [1.165, 1.54) is 6.21 Å². The lowest BCUT2D eigenvalue weighted by Gasteiger charge is -2.08. The van der Waals surface area contributed by atoms with Crippen LogP contribution in [0.25, 0.3) is 0 Å². The van der Waals surface area contributed by atoms with Crippen LogP contribution < -0.4 is 10.2 Å². The predicted octanol–water partition coefficient (Wildman–Crippen LogP) is 2.54. The number of carbonyl (C=O) groups excluding carboxylic acids is 1. The fourth-order valence-electron chi connectivity index (χ4n) is 1.82. The van der Waals surface area contributed by atoms with E-state index in [9.17, 15) is 9.90 Å². The van der Waals surface area contributed by atoms with Crippen molar-refractivity contribution in [2.24, 2.45) is 5.10 Å². The van der Waals surface area contributed by atoms with Gasteiger partial charge in [0.25, 0.3) is 5.91 Å². The summed E-state index contributed by atoms with van der Waals surface area (Å²) < 4.78 is 5.48. The van der Waals surface area contributed by atoms with Crippen LogP contribution in [0.2, 0.25) is 0 Å². The quantitative estimate of drug-likeness (QED) is 0.658. The molecular formula is C17H18N2O3. The number of amides is 1. The van der Waals surface area contributed by atoms with Crippen molar-refractivity contribution in [3.05, 3.63) is 59.2 Å². The van der Waals surface area contributed by atoms with Gasteiger partial charge in [-0.05, 0) is 48.7 Å². The number of hydrazone groups is 1. The Morgan fingerprint density at radius 3 is 2.86 bits per heavy atom. The molecule has 2 aromatic carbocycles. The van der Waals surface area contributed by atoms with Crippen molar-refractivity contribution in [2.75, 3.05) is 6.61 Å². The van der Waals surface area contributed by atoms with Gasteiger partial charge in [0.2, 0.25) is 0 Å². The molecule has 0 aromatic heterocycles. The molecule has 22 heavy (non-hydrogen) atoms. The van der Waals surface area contributed by atoms with Crippen LogP contribution in [0.3, 0.4) is 0 Å². The second kappa shape index (κ2) is 7.26. The third kappa shape index (κ3) is 4.63. The summed E-state index contributed by atoms with van der Waals surface area (Å²) in [4.78, 5) is 11.7. The molecule has 5 heteroatoms. The monoisotopic (exact) mass is 298 g/mol. The molecule has 2 N–H and O–H groups in total. The van der Waals surface area contributed by atoms with Crippen LogP contribution >= 0.6 is 0 Å². The first-order valence-corrected chi connectivity index (χ1v) is 6.85. The van der Waals surface area contributed by atoms with E-state index in [0.717, 1.165) is 11.1 Å². The highest BCUT2D eigenvalue weighted by Crippen LogP contribution is 2.18. The molecule has 0 spiro atoms. The van der Waals surface area contributed by atoms with Gasteiger partial charge in [0, 0.05) is 0 Å². The first kappa shape index (κ1) is 15.6. The zero-order valence-corrected chi connectivity index (χ0v) is 12.5. The Labute approximate surface area is 129 Å². The molecule has 0 bridgehead atoms. The second-order valence-corrected chi connectivity index (χ2v) is 4.95. The average molecular weight is 298 g/mol. The molecule has 0 aliphatic heterocycles. The van der Waals surface area contributed by atoms with Crippen LogP contribution in [0.1, 0.15) is 16.7 Å². The zero-order chi connectivity index (χ0) is 15.9. The van der Waals surface area contributed by atoms with E-state index >= 15 is 0 Å². The molecule has 0 fully saturated rings. The molecule has 0 radical (unpaired) electrons. The van der Waals surface area contributed by atoms with Crippen molar-refractivity contribution in [1.82, 2.24) is 5.43 Å². The number of aryl methyl sites for hydroxylation is 2. The average Bonchev–Trinajstić information content (AvgIpc) is 2.48. The normalized spacial score (nSPS) is 10.6. The number of nitrogens with zero attached hydrogens (tertiary/aromatic N) is 1. The van der Waals surface area contributed by atoms with Gasteiger partial charge in [0.05, 0.1) is 6.21 Å². The van der Waals surface area contributed by atoms with Crippen molar-refractivity contribution in [3.63, 3.8) is 0 Å². The van der Waals surface area contributed by atoms with E-state index in [0.29, 0.717) is 11.3 Å². The maximum atomic E-state index is 11.7. The fourth-order valence-corrected chi connectivity index (χ4v) is 1.82. The van der Waals surface area contributed by atoms with Gasteiger partial charge in [0.1, 0.15) is 11.5 Å². The Hall–Kier alpha value is -2.82. The van der Waals surface area contributed by atoms with Gasteiger partial charge in [-0.3, -0.25) is 4.79 Å². The Kier molecular flexibility index (Phi) is 5.14. The topological polar surface area (TPSA) is 70.9 Å². The second-order valence-electron chi connectivity index (χ2n) is 4.95. The number of nitrogens with one attached hydrogen (secondary N) is 1. The Morgan fingerprint density at radius 2 is 2.09 bits per heavy atom. The van der Waals surface area contributed by atoms with E-state index in [4.69, 9.17) is 4.74 Å². The van der Waals surface area contributed by atoms with E-state index < -0.39 is 0 Å². The molecule has 0 unspecified atom stereocenters. The highest BCUT2D eigenvalue weighted by atomic mass is 16.5. The van der Waals surface area contributed by atoms with Gasteiger partial charge in [0.15, 0.2) is 6.61 Å². The highest BCUT2D eigenvalue weighted by Gasteiger charge is 2.04. The number of carbonyl (C=O) groups is 1. The van der Waals surface area contributed by atoms with Gasteiger partial charge in [-0.25, -0.2) is 5.43 Å². The van der Waals surface area contributed by atoms with Gasteiger partial charge in [-0.2, -0.15) is 5.10 Å². The van der Waals surface area contributed by atoms with Crippen LogP contribution in [-0.2, 0) is 4.79 Å². The van der Waals surface area contributed by atoms with Gasteiger partial charge >= 0.3 is 0 Å². The SMILES string of the molecule is Cc1ccc(C)c(OCC(=O)N/N=C/c2cccc(O)c2)c1. The standard InChI is InChI=1S/C17H18N2O3/c1-12-6-7-13(2)16(8-12)22-11-17(21)19-18-10-14-4-3-5-15(20)9-14/h3-10,20H,11H2,1-2H3,(H,19,21)/b18-10+. The fraction of sp³-hybridized carbons (Fsp3) is 0.176. The minimum Gasteiger partial charge on any atom is -0.508 e. The molecule has 0 aliphatic rings. The van der Waals surface area contributed by atoms with E-state index in [2.05, 4.69) is 10.5 Å². The van der Waals surface area contributed by atoms with Crippen molar-refractivity contribution in [3.8, 4) is 11.5 Å². The molecule has 0 aliphatic carbocycles. The first-order chi connectivity index (χ1) is 10.5. The van der Waals surface area contributed by atoms with E-state index in [1.807, 2.05) is 32.0 Å². The molecule has 2 aromatic rings. The lowest BCUT2D eigenvalue weighted by molar-refractivity contribution is -0.123.